The fourth-order valence-electron chi connectivity index (χ4n) is 1.12. The monoisotopic (exact) mass is 193 g/mol. The molecule has 14 heavy (non-hydrogen) atoms. The minimum absolute atomic E-state index is 0.271. The summed E-state index contributed by atoms with van der Waals surface area (Å²) in [6.07, 6.45) is 5.03. The molecule has 0 saturated carbocycles. The highest BCUT2D eigenvalue weighted by Crippen LogP contribution is 2.25. The number of allylic oxidation sites excluding steroid dienone is 2. The van der Waals surface area contributed by atoms with E-state index in [0.717, 1.165) is 0 Å². The average molecular weight is 193 g/mol. The summed E-state index contributed by atoms with van der Waals surface area (Å²) in [6.45, 7) is 7.27. The second-order valence-electron chi connectivity index (χ2n) is 2.80. The van der Waals surface area contributed by atoms with Crippen molar-refractivity contribution in [1.82, 2.24) is 0 Å². The highest BCUT2D eigenvalue weighted by molar-refractivity contribution is 5.82. The van der Waals surface area contributed by atoms with Gasteiger partial charge >= 0.3 is 5.97 Å². The Labute approximate surface area is 84.7 Å². The van der Waals surface area contributed by atoms with E-state index in [2.05, 4.69) is 6.58 Å². The first kappa shape index (κ1) is 12.4. The molecule has 0 bridgehead atoms. The topological polar surface area (TPSA) is 50.1 Å². The number of nitrogens with zero attached hydrogens (tertiary/aromatic N) is 1. The summed E-state index contributed by atoms with van der Waals surface area (Å²) in [5.74, 6) is -0.513. The van der Waals surface area contributed by atoms with Gasteiger partial charge in [-0.2, -0.15) is 5.26 Å². The zero-order valence-corrected chi connectivity index (χ0v) is 8.62. The van der Waals surface area contributed by atoms with Gasteiger partial charge in [0.15, 0.2) is 5.41 Å². The van der Waals surface area contributed by atoms with E-state index in [0.29, 0.717) is 0 Å². The van der Waals surface area contributed by atoms with Crippen LogP contribution in [0.5, 0.6) is 0 Å². The van der Waals surface area contributed by atoms with Crippen molar-refractivity contribution in [3.8, 4) is 6.07 Å². The Bertz CT molecular complexity index is 276. The van der Waals surface area contributed by atoms with Crippen LogP contribution in [-0.2, 0) is 9.53 Å². The van der Waals surface area contributed by atoms with Crippen LogP contribution in [0.3, 0.4) is 0 Å². The molecule has 0 saturated heterocycles. The molecule has 0 fully saturated rings. The van der Waals surface area contributed by atoms with Crippen LogP contribution in [0, 0.1) is 16.7 Å². The molecule has 3 nitrogen and oxygen atoms in total. The lowest BCUT2D eigenvalue weighted by Gasteiger charge is -2.18. The van der Waals surface area contributed by atoms with Gasteiger partial charge in [0, 0.05) is 0 Å². The lowest BCUT2D eigenvalue weighted by atomic mass is 9.86. The third kappa shape index (κ3) is 2.74. The number of hydrogen-bond donors (Lipinski definition) is 0. The van der Waals surface area contributed by atoms with Crippen molar-refractivity contribution in [2.24, 2.45) is 5.41 Å². The molecular weight excluding hydrogens is 178 g/mol. The number of rotatable bonds is 5. The van der Waals surface area contributed by atoms with Crippen molar-refractivity contribution in [3.63, 3.8) is 0 Å². The standard InChI is InChI=1S/C11H15NO2/c1-4-7-11(9-12,8-5-2)10(13)14-6-3/h4-5,8H,1,6-7H2,2-3H3/b8-5+. The summed E-state index contributed by atoms with van der Waals surface area (Å²) in [6, 6.07) is 1.97. The molecule has 0 aliphatic rings. The SMILES string of the molecule is C=CCC(C#N)(/C=C/C)C(=O)OCC. The van der Waals surface area contributed by atoms with Crippen LogP contribution in [0.2, 0.25) is 0 Å². The van der Waals surface area contributed by atoms with Gasteiger partial charge in [0.2, 0.25) is 0 Å². The van der Waals surface area contributed by atoms with Gasteiger partial charge in [-0.25, -0.2) is 4.79 Å². The second-order valence-corrected chi connectivity index (χ2v) is 2.80. The van der Waals surface area contributed by atoms with Gasteiger partial charge < -0.3 is 4.74 Å². The predicted molar refractivity (Wildman–Crippen MR) is 54.3 cm³/mol. The van der Waals surface area contributed by atoms with E-state index in [9.17, 15) is 4.79 Å². The smallest absolute Gasteiger partial charge is 0.330 e. The molecule has 0 radical (unpaired) electrons. The van der Waals surface area contributed by atoms with E-state index in [1.165, 1.54) is 0 Å². The van der Waals surface area contributed by atoms with Crippen molar-refractivity contribution in [2.75, 3.05) is 6.61 Å². The number of carbonyl (C=O) groups excluding carboxylic acids is 1. The summed E-state index contributed by atoms with van der Waals surface area (Å²) in [5, 5.41) is 8.99. The maximum atomic E-state index is 11.5. The Morgan fingerprint density at radius 3 is 2.71 bits per heavy atom. The molecule has 0 aromatic carbocycles. The summed E-state index contributed by atoms with van der Waals surface area (Å²) < 4.78 is 4.84. The van der Waals surface area contributed by atoms with Crippen LogP contribution in [0.4, 0.5) is 0 Å². The maximum absolute atomic E-state index is 11.5. The van der Waals surface area contributed by atoms with Crippen LogP contribution < -0.4 is 0 Å². The van der Waals surface area contributed by atoms with Crippen molar-refractivity contribution in [1.29, 1.82) is 5.26 Å². The van der Waals surface area contributed by atoms with Crippen LogP contribution in [0.15, 0.2) is 24.8 Å². The van der Waals surface area contributed by atoms with Gasteiger partial charge in [-0.3, -0.25) is 0 Å². The Morgan fingerprint density at radius 2 is 2.36 bits per heavy atom. The zero-order valence-electron chi connectivity index (χ0n) is 8.62. The van der Waals surface area contributed by atoms with Crippen molar-refractivity contribution in [2.45, 2.75) is 20.3 Å². The van der Waals surface area contributed by atoms with Gasteiger partial charge in [-0.15, -0.1) is 6.58 Å². The molecule has 0 aromatic rings. The third-order valence-corrected chi connectivity index (χ3v) is 1.76. The first-order chi connectivity index (χ1) is 6.66. The summed E-state index contributed by atoms with van der Waals surface area (Å²) in [4.78, 5) is 11.5. The van der Waals surface area contributed by atoms with E-state index in [4.69, 9.17) is 10.00 Å². The van der Waals surface area contributed by atoms with Gasteiger partial charge in [-0.05, 0) is 20.3 Å². The van der Waals surface area contributed by atoms with Crippen LogP contribution in [0.1, 0.15) is 20.3 Å². The summed E-state index contributed by atoms with van der Waals surface area (Å²) in [7, 11) is 0. The molecule has 0 N–H and O–H groups in total. The number of esters is 1. The Kier molecular flexibility index (Phi) is 5.31. The Hall–Kier alpha value is -1.56. The van der Waals surface area contributed by atoms with Crippen LogP contribution in [-0.4, -0.2) is 12.6 Å². The number of carbonyl (C=O) groups is 1. The van der Waals surface area contributed by atoms with E-state index in [1.54, 1.807) is 32.1 Å². The van der Waals surface area contributed by atoms with Crippen LogP contribution in [0.25, 0.3) is 0 Å². The molecule has 0 heterocycles. The van der Waals surface area contributed by atoms with Gasteiger partial charge in [-0.1, -0.05) is 18.2 Å². The van der Waals surface area contributed by atoms with E-state index < -0.39 is 11.4 Å². The quantitative estimate of drug-likeness (QED) is 0.497. The molecule has 1 unspecified atom stereocenters. The summed E-state index contributed by atoms with van der Waals surface area (Å²) >= 11 is 0. The fraction of sp³-hybridized carbons (Fsp3) is 0.455. The zero-order chi connectivity index (χ0) is 11.0. The molecule has 0 spiro atoms. The minimum Gasteiger partial charge on any atom is -0.465 e. The largest absolute Gasteiger partial charge is 0.465 e. The van der Waals surface area contributed by atoms with Crippen molar-refractivity contribution >= 4 is 5.97 Å². The van der Waals surface area contributed by atoms with E-state index >= 15 is 0 Å². The maximum Gasteiger partial charge on any atom is 0.330 e. The first-order valence-corrected chi connectivity index (χ1v) is 4.50. The average Bonchev–Trinajstić information content (AvgIpc) is 2.17. The van der Waals surface area contributed by atoms with Crippen molar-refractivity contribution in [3.05, 3.63) is 24.8 Å². The van der Waals surface area contributed by atoms with E-state index in [1.807, 2.05) is 6.07 Å². The Morgan fingerprint density at radius 1 is 1.71 bits per heavy atom. The van der Waals surface area contributed by atoms with Gasteiger partial charge in [0.25, 0.3) is 0 Å². The van der Waals surface area contributed by atoms with Crippen LogP contribution >= 0.6 is 0 Å². The number of nitriles is 1. The number of hydrogen-bond acceptors (Lipinski definition) is 3. The molecule has 3 heteroatoms. The van der Waals surface area contributed by atoms with Crippen molar-refractivity contribution < 1.29 is 9.53 Å². The molecule has 0 aliphatic heterocycles. The molecule has 0 amide bonds. The lowest BCUT2D eigenvalue weighted by molar-refractivity contribution is -0.149. The van der Waals surface area contributed by atoms with Gasteiger partial charge in [0.05, 0.1) is 12.7 Å². The predicted octanol–water partition coefficient (Wildman–Crippen LogP) is 2.21. The Balaban J connectivity index is 4.93. The molecule has 0 rings (SSSR count). The lowest BCUT2D eigenvalue weighted by Crippen LogP contribution is -2.29. The second kappa shape index (κ2) is 5.98. The molecule has 0 aromatic heterocycles. The molecule has 76 valence electrons. The minimum atomic E-state index is -1.20. The fourth-order valence-corrected chi connectivity index (χ4v) is 1.12. The van der Waals surface area contributed by atoms with Gasteiger partial charge in [0.1, 0.15) is 0 Å². The van der Waals surface area contributed by atoms with E-state index in [-0.39, 0.29) is 13.0 Å². The summed E-state index contributed by atoms with van der Waals surface area (Å²) in [5.41, 5.74) is -1.20. The number of ether oxygens (including phenoxy) is 1. The first-order valence-electron chi connectivity index (χ1n) is 4.50. The molecular formula is C11H15NO2. The molecule has 1 atom stereocenters. The molecule has 0 aliphatic carbocycles. The highest BCUT2D eigenvalue weighted by atomic mass is 16.5. The third-order valence-electron chi connectivity index (χ3n) is 1.76. The normalized spacial score (nSPS) is 14.4. The highest BCUT2D eigenvalue weighted by Gasteiger charge is 2.36.